The summed E-state index contributed by atoms with van der Waals surface area (Å²) in [6.45, 7) is 3.46. The molecule has 0 fully saturated rings. The second kappa shape index (κ2) is 3.05. The van der Waals surface area contributed by atoms with E-state index in [1.165, 1.54) is 18.2 Å². The molecule has 0 unspecified atom stereocenters. The highest BCUT2D eigenvalue weighted by Crippen LogP contribution is 2.22. The predicted octanol–water partition coefficient (Wildman–Crippen LogP) is 2.77. The minimum atomic E-state index is -4.63. The monoisotopic (exact) mass is 175 g/mol. The van der Waals surface area contributed by atoms with Gasteiger partial charge in [-0.3, -0.25) is 0 Å². The fourth-order valence-electron chi connectivity index (χ4n) is 0.743. The van der Waals surface area contributed by atoms with Gasteiger partial charge in [-0.05, 0) is 24.6 Å². The number of ether oxygens (including phenoxy) is 1. The molecule has 0 N–H and O–H groups in total. The quantitative estimate of drug-likeness (QED) is 0.637. The Balaban J connectivity index is 2.77. The lowest BCUT2D eigenvalue weighted by molar-refractivity contribution is -0.274. The molecule has 1 radical (unpaired) electrons. The Hall–Kier alpha value is -1.19. The summed E-state index contributed by atoms with van der Waals surface area (Å²) < 4.78 is 38.5. The van der Waals surface area contributed by atoms with Gasteiger partial charge in [-0.1, -0.05) is 12.1 Å². The Labute approximate surface area is 67.8 Å². The van der Waals surface area contributed by atoms with Crippen molar-refractivity contribution in [1.82, 2.24) is 0 Å². The van der Waals surface area contributed by atoms with Crippen LogP contribution in [-0.2, 0) is 0 Å². The fraction of sp³-hybridized carbons (Fsp3) is 0.125. The van der Waals surface area contributed by atoms with Crippen LogP contribution in [0.1, 0.15) is 5.56 Å². The zero-order chi connectivity index (χ0) is 9.19. The minimum absolute atomic E-state index is 0.241. The normalized spacial score (nSPS) is 11.3. The van der Waals surface area contributed by atoms with Crippen molar-refractivity contribution in [2.24, 2.45) is 0 Å². The van der Waals surface area contributed by atoms with E-state index in [0.717, 1.165) is 0 Å². The zero-order valence-corrected chi connectivity index (χ0v) is 6.06. The standard InChI is InChI=1S/C8H6F3O/c1-6-3-2-4-7(5-6)12-8(9,10)11/h2-5H,1H2. The summed E-state index contributed by atoms with van der Waals surface area (Å²) in [4.78, 5) is 0. The third-order valence-electron chi connectivity index (χ3n) is 1.13. The predicted molar refractivity (Wildman–Crippen MR) is 37.6 cm³/mol. The smallest absolute Gasteiger partial charge is 0.406 e. The van der Waals surface area contributed by atoms with Crippen molar-refractivity contribution in [1.29, 1.82) is 0 Å². The topological polar surface area (TPSA) is 9.23 Å². The van der Waals surface area contributed by atoms with Gasteiger partial charge in [0.25, 0.3) is 0 Å². The van der Waals surface area contributed by atoms with Crippen molar-refractivity contribution >= 4 is 0 Å². The van der Waals surface area contributed by atoms with E-state index in [1.54, 1.807) is 6.07 Å². The van der Waals surface area contributed by atoms with E-state index in [9.17, 15) is 13.2 Å². The average Bonchev–Trinajstić information content (AvgIpc) is 1.82. The number of rotatable bonds is 1. The van der Waals surface area contributed by atoms with Crippen LogP contribution < -0.4 is 4.74 Å². The lowest BCUT2D eigenvalue weighted by Gasteiger charge is -2.08. The second-order valence-electron chi connectivity index (χ2n) is 2.20. The number of hydrogen-bond acceptors (Lipinski definition) is 1. The summed E-state index contributed by atoms with van der Waals surface area (Å²) in [6.07, 6.45) is -4.63. The zero-order valence-electron chi connectivity index (χ0n) is 6.06. The van der Waals surface area contributed by atoms with Crippen LogP contribution in [0.3, 0.4) is 0 Å². The fourth-order valence-corrected chi connectivity index (χ4v) is 0.743. The molecular weight excluding hydrogens is 169 g/mol. The number of alkyl halides is 3. The number of hydrogen-bond donors (Lipinski definition) is 0. The van der Waals surface area contributed by atoms with Crippen molar-refractivity contribution < 1.29 is 17.9 Å². The van der Waals surface area contributed by atoms with Crippen LogP contribution in [0.15, 0.2) is 24.3 Å². The Morgan fingerprint density at radius 3 is 2.42 bits per heavy atom. The molecule has 1 aromatic rings. The van der Waals surface area contributed by atoms with Crippen LogP contribution in [0, 0.1) is 6.92 Å². The number of benzene rings is 1. The van der Waals surface area contributed by atoms with Gasteiger partial charge in [0.1, 0.15) is 5.75 Å². The van der Waals surface area contributed by atoms with E-state index in [1.807, 2.05) is 0 Å². The molecule has 0 aliphatic rings. The summed E-state index contributed by atoms with van der Waals surface area (Å²) >= 11 is 0. The maximum Gasteiger partial charge on any atom is 0.573 e. The third kappa shape index (κ3) is 2.82. The molecule has 1 aromatic carbocycles. The van der Waals surface area contributed by atoms with Gasteiger partial charge < -0.3 is 4.74 Å². The van der Waals surface area contributed by atoms with Gasteiger partial charge in [0.2, 0.25) is 0 Å². The molecule has 0 saturated heterocycles. The molecule has 0 amide bonds. The van der Waals surface area contributed by atoms with Crippen LogP contribution in [0.25, 0.3) is 0 Å². The van der Waals surface area contributed by atoms with Gasteiger partial charge in [0, 0.05) is 0 Å². The van der Waals surface area contributed by atoms with E-state index >= 15 is 0 Å². The van der Waals surface area contributed by atoms with Crippen LogP contribution in [0.2, 0.25) is 0 Å². The first-order valence-electron chi connectivity index (χ1n) is 3.15. The molecule has 0 atom stereocenters. The molecule has 0 saturated carbocycles. The van der Waals surface area contributed by atoms with Crippen molar-refractivity contribution in [2.75, 3.05) is 0 Å². The lowest BCUT2D eigenvalue weighted by Crippen LogP contribution is -2.17. The Morgan fingerprint density at radius 1 is 1.25 bits per heavy atom. The maximum atomic E-state index is 11.6. The molecule has 0 heterocycles. The van der Waals surface area contributed by atoms with Crippen LogP contribution in [0.4, 0.5) is 13.2 Å². The SMILES string of the molecule is [CH2]c1cccc(OC(F)(F)F)c1. The summed E-state index contributed by atoms with van der Waals surface area (Å²) in [5, 5.41) is 0. The largest absolute Gasteiger partial charge is 0.573 e. The molecule has 0 aromatic heterocycles. The van der Waals surface area contributed by atoms with Crippen molar-refractivity contribution in [3.05, 3.63) is 36.8 Å². The molecule has 1 rings (SSSR count). The third-order valence-corrected chi connectivity index (χ3v) is 1.13. The Bertz CT molecular complexity index is 267. The molecule has 4 heteroatoms. The van der Waals surface area contributed by atoms with E-state index < -0.39 is 6.36 Å². The Morgan fingerprint density at radius 2 is 1.92 bits per heavy atom. The van der Waals surface area contributed by atoms with Crippen molar-refractivity contribution in [3.63, 3.8) is 0 Å². The lowest BCUT2D eigenvalue weighted by atomic mass is 10.2. The summed E-state index contributed by atoms with van der Waals surface area (Å²) in [7, 11) is 0. The van der Waals surface area contributed by atoms with Crippen molar-refractivity contribution in [3.8, 4) is 5.75 Å². The van der Waals surface area contributed by atoms with Crippen LogP contribution in [-0.4, -0.2) is 6.36 Å². The Kier molecular flexibility index (Phi) is 2.26. The molecule has 65 valence electrons. The van der Waals surface area contributed by atoms with E-state index in [0.29, 0.717) is 5.56 Å². The first-order chi connectivity index (χ1) is 5.47. The minimum Gasteiger partial charge on any atom is -0.406 e. The highest BCUT2D eigenvalue weighted by Gasteiger charge is 2.30. The first-order valence-corrected chi connectivity index (χ1v) is 3.15. The highest BCUT2D eigenvalue weighted by atomic mass is 19.4. The van der Waals surface area contributed by atoms with Gasteiger partial charge in [-0.15, -0.1) is 13.2 Å². The van der Waals surface area contributed by atoms with Gasteiger partial charge in [0.15, 0.2) is 0 Å². The molecule has 0 bridgehead atoms. The van der Waals surface area contributed by atoms with Gasteiger partial charge in [-0.25, -0.2) is 0 Å². The molecule has 0 spiro atoms. The van der Waals surface area contributed by atoms with E-state index in [-0.39, 0.29) is 5.75 Å². The van der Waals surface area contributed by atoms with Gasteiger partial charge in [0.05, 0.1) is 0 Å². The first kappa shape index (κ1) is 8.90. The van der Waals surface area contributed by atoms with Gasteiger partial charge >= 0.3 is 6.36 Å². The van der Waals surface area contributed by atoms with Crippen LogP contribution >= 0.6 is 0 Å². The molecule has 0 aliphatic carbocycles. The van der Waals surface area contributed by atoms with E-state index in [4.69, 9.17) is 0 Å². The molecule has 12 heavy (non-hydrogen) atoms. The summed E-state index contributed by atoms with van der Waals surface area (Å²) in [6, 6.07) is 5.47. The number of halogens is 3. The molecule has 1 nitrogen and oxygen atoms in total. The second-order valence-corrected chi connectivity index (χ2v) is 2.20. The van der Waals surface area contributed by atoms with Crippen LogP contribution in [0.5, 0.6) is 5.75 Å². The highest BCUT2D eigenvalue weighted by molar-refractivity contribution is 5.29. The molecular formula is C8H6F3O. The van der Waals surface area contributed by atoms with Crippen molar-refractivity contribution in [2.45, 2.75) is 6.36 Å². The van der Waals surface area contributed by atoms with Gasteiger partial charge in [-0.2, -0.15) is 0 Å². The average molecular weight is 175 g/mol. The maximum absolute atomic E-state index is 11.6. The summed E-state index contributed by atoms with van der Waals surface area (Å²) in [5.41, 5.74) is 0.483. The summed E-state index contributed by atoms with van der Waals surface area (Å²) in [5.74, 6) is -0.241. The molecule has 0 aliphatic heterocycles. The van der Waals surface area contributed by atoms with E-state index in [2.05, 4.69) is 11.7 Å².